The maximum Gasteiger partial charge on any atom is 0.416 e. The summed E-state index contributed by atoms with van der Waals surface area (Å²) in [6.07, 6.45) is -0.705. The van der Waals surface area contributed by atoms with E-state index in [1.807, 2.05) is 0 Å². The second kappa shape index (κ2) is 8.37. The Bertz CT molecular complexity index is 410. The molecule has 2 nitrogen and oxygen atoms in total. The molecule has 0 aliphatic rings. The highest BCUT2D eigenvalue weighted by Gasteiger charge is 2.31. The number of nitrogens with two attached hydrogens (primary N) is 1. The van der Waals surface area contributed by atoms with Gasteiger partial charge < -0.3 is 10.5 Å². The van der Waals surface area contributed by atoms with Gasteiger partial charge in [0.05, 0.1) is 12.7 Å². The fraction of sp³-hybridized carbons (Fsp3) is 0.571. The van der Waals surface area contributed by atoms with Crippen LogP contribution in [0.3, 0.4) is 0 Å². The summed E-state index contributed by atoms with van der Waals surface area (Å²) in [4.78, 5) is 0. The largest absolute Gasteiger partial charge is 0.497 e. The van der Waals surface area contributed by atoms with Crippen LogP contribution in [0, 0.1) is 0 Å². The van der Waals surface area contributed by atoms with E-state index >= 15 is 0 Å². The van der Waals surface area contributed by atoms with Gasteiger partial charge in [-0.15, -0.1) is 12.4 Å². The molecule has 0 spiro atoms. The zero-order valence-corrected chi connectivity index (χ0v) is 12.5. The third-order valence-corrected chi connectivity index (χ3v) is 3.04. The summed E-state index contributed by atoms with van der Waals surface area (Å²) in [6, 6.07) is 3.29. The van der Waals surface area contributed by atoms with Crippen LogP contribution < -0.4 is 10.5 Å². The van der Waals surface area contributed by atoms with E-state index in [1.165, 1.54) is 7.11 Å². The molecular weight excluding hydrogens is 291 g/mol. The number of methoxy groups -OCH3 is 1. The molecule has 0 radical (unpaired) electrons. The molecule has 20 heavy (non-hydrogen) atoms. The molecule has 1 atom stereocenters. The van der Waals surface area contributed by atoms with Crippen molar-refractivity contribution in [3.05, 3.63) is 29.3 Å². The van der Waals surface area contributed by atoms with Gasteiger partial charge in [0.2, 0.25) is 0 Å². The second-order valence-corrected chi connectivity index (χ2v) is 4.59. The Morgan fingerprint density at radius 2 is 1.85 bits per heavy atom. The highest BCUT2D eigenvalue weighted by atomic mass is 35.5. The summed E-state index contributed by atoms with van der Waals surface area (Å²) in [5, 5.41) is 0. The van der Waals surface area contributed by atoms with E-state index in [2.05, 4.69) is 6.92 Å². The van der Waals surface area contributed by atoms with Crippen molar-refractivity contribution < 1.29 is 17.9 Å². The van der Waals surface area contributed by atoms with Crippen LogP contribution >= 0.6 is 12.4 Å². The SMILES string of the molecule is CCCCC[C@@H](N)c1cc(OC)cc(C(F)(F)F)c1.Cl. The van der Waals surface area contributed by atoms with Crippen molar-refractivity contribution >= 4 is 12.4 Å². The molecular formula is C14H21ClF3NO. The minimum atomic E-state index is -4.38. The van der Waals surface area contributed by atoms with E-state index in [1.54, 1.807) is 6.07 Å². The van der Waals surface area contributed by atoms with E-state index in [0.717, 1.165) is 31.4 Å². The molecule has 0 bridgehead atoms. The molecule has 116 valence electrons. The molecule has 2 N–H and O–H groups in total. The highest BCUT2D eigenvalue weighted by molar-refractivity contribution is 5.85. The molecule has 0 aromatic heterocycles. The molecule has 0 aliphatic carbocycles. The standard InChI is InChI=1S/C14H20F3NO.ClH/c1-3-4-5-6-13(18)10-7-11(14(15,16)17)9-12(8-10)19-2;/h7-9,13H,3-6,18H2,1-2H3;1H/t13-;/m1./s1. The van der Waals surface area contributed by atoms with Gasteiger partial charge in [-0.1, -0.05) is 26.2 Å². The number of ether oxygens (including phenoxy) is 1. The number of hydrogen-bond donors (Lipinski definition) is 1. The summed E-state index contributed by atoms with van der Waals surface area (Å²) in [6.45, 7) is 2.07. The fourth-order valence-electron chi connectivity index (χ4n) is 1.90. The van der Waals surface area contributed by atoms with Gasteiger partial charge in [-0.2, -0.15) is 13.2 Å². The molecule has 0 unspecified atom stereocenters. The van der Waals surface area contributed by atoms with Crippen LogP contribution in [0.4, 0.5) is 13.2 Å². The number of halogens is 4. The Labute approximate surface area is 123 Å². The highest BCUT2D eigenvalue weighted by Crippen LogP contribution is 2.34. The summed E-state index contributed by atoms with van der Waals surface area (Å²) >= 11 is 0. The lowest BCUT2D eigenvalue weighted by molar-refractivity contribution is -0.137. The molecule has 0 heterocycles. The normalized spacial score (nSPS) is 12.7. The van der Waals surface area contributed by atoms with Crippen molar-refractivity contribution in [2.45, 2.75) is 44.8 Å². The first-order chi connectivity index (χ1) is 8.88. The van der Waals surface area contributed by atoms with Crippen LogP contribution in [-0.2, 0) is 6.18 Å². The van der Waals surface area contributed by atoms with E-state index in [-0.39, 0.29) is 24.2 Å². The first-order valence-electron chi connectivity index (χ1n) is 6.40. The van der Waals surface area contributed by atoms with E-state index in [9.17, 15) is 13.2 Å². The van der Waals surface area contributed by atoms with Gasteiger partial charge in [0, 0.05) is 6.04 Å². The Kier molecular flexibility index (Phi) is 7.98. The second-order valence-electron chi connectivity index (χ2n) is 4.59. The van der Waals surface area contributed by atoms with Gasteiger partial charge in [0.25, 0.3) is 0 Å². The predicted molar refractivity (Wildman–Crippen MR) is 76.3 cm³/mol. The van der Waals surface area contributed by atoms with Crippen LogP contribution in [0.5, 0.6) is 5.75 Å². The Morgan fingerprint density at radius 1 is 1.20 bits per heavy atom. The Morgan fingerprint density at radius 3 is 2.35 bits per heavy atom. The minimum Gasteiger partial charge on any atom is -0.497 e. The molecule has 0 fully saturated rings. The van der Waals surface area contributed by atoms with Crippen LogP contribution in [0.15, 0.2) is 18.2 Å². The molecule has 1 aromatic carbocycles. The van der Waals surface area contributed by atoms with Crippen LogP contribution in [0.2, 0.25) is 0 Å². The van der Waals surface area contributed by atoms with Gasteiger partial charge in [-0.3, -0.25) is 0 Å². The van der Waals surface area contributed by atoms with Crippen molar-refractivity contribution in [1.29, 1.82) is 0 Å². The first kappa shape index (κ1) is 19.1. The maximum atomic E-state index is 12.8. The number of benzene rings is 1. The van der Waals surface area contributed by atoms with Gasteiger partial charge >= 0.3 is 6.18 Å². The zero-order chi connectivity index (χ0) is 14.5. The van der Waals surface area contributed by atoms with E-state index in [4.69, 9.17) is 10.5 Å². The van der Waals surface area contributed by atoms with Crippen LogP contribution in [-0.4, -0.2) is 7.11 Å². The summed E-state index contributed by atoms with van der Waals surface area (Å²) in [5.74, 6) is 0.191. The quantitative estimate of drug-likeness (QED) is 0.772. The van der Waals surface area contributed by atoms with Gasteiger partial charge in [-0.05, 0) is 30.2 Å². The monoisotopic (exact) mass is 311 g/mol. The summed E-state index contributed by atoms with van der Waals surface area (Å²) in [5.41, 5.74) is 5.71. The Hall–Kier alpha value is -0.940. The fourth-order valence-corrected chi connectivity index (χ4v) is 1.90. The van der Waals surface area contributed by atoms with Gasteiger partial charge in [0.1, 0.15) is 5.75 Å². The van der Waals surface area contributed by atoms with Crippen molar-refractivity contribution in [1.82, 2.24) is 0 Å². The number of unbranched alkanes of at least 4 members (excludes halogenated alkanes) is 2. The van der Waals surface area contributed by atoms with Gasteiger partial charge in [0.15, 0.2) is 0 Å². The van der Waals surface area contributed by atoms with Crippen molar-refractivity contribution in [2.75, 3.05) is 7.11 Å². The molecule has 1 aromatic rings. The number of alkyl halides is 3. The first-order valence-corrected chi connectivity index (χ1v) is 6.40. The van der Waals surface area contributed by atoms with Crippen molar-refractivity contribution in [3.63, 3.8) is 0 Å². The maximum absolute atomic E-state index is 12.8. The van der Waals surface area contributed by atoms with Gasteiger partial charge in [-0.25, -0.2) is 0 Å². The van der Waals surface area contributed by atoms with Crippen molar-refractivity contribution in [2.24, 2.45) is 5.73 Å². The number of hydrogen-bond acceptors (Lipinski definition) is 2. The third-order valence-electron chi connectivity index (χ3n) is 3.04. The minimum absolute atomic E-state index is 0. The average molecular weight is 312 g/mol. The molecule has 0 aliphatic heterocycles. The molecule has 0 saturated carbocycles. The lowest BCUT2D eigenvalue weighted by Crippen LogP contribution is -2.13. The van der Waals surface area contributed by atoms with Crippen molar-refractivity contribution in [3.8, 4) is 5.75 Å². The molecule has 6 heteroatoms. The third kappa shape index (κ3) is 5.59. The predicted octanol–water partition coefficient (Wildman–Crippen LogP) is 4.72. The smallest absolute Gasteiger partial charge is 0.416 e. The average Bonchev–Trinajstić information content (AvgIpc) is 2.37. The molecule has 1 rings (SSSR count). The van der Waals surface area contributed by atoms with Crippen LogP contribution in [0.1, 0.15) is 49.8 Å². The van der Waals surface area contributed by atoms with Crippen LogP contribution in [0.25, 0.3) is 0 Å². The summed E-state index contributed by atoms with van der Waals surface area (Å²) < 4.78 is 43.2. The molecule has 0 amide bonds. The number of rotatable bonds is 6. The zero-order valence-electron chi connectivity index (χ0n) is 11.7. The molecule has 0 saturated heterocycles. The Balaban J connectivity index is 0.00000361. The van der Waals surface area contributed by atoms with E-state index < -0.39 is 11.7 Å². The lowest BCUT2D eigenvalue weighted by atomic mass is 9.99. The topological polar surface area (TPSA) is 35.2 Å². The van der Waals surface area contributed by atoms with E-state index in [0.29, 0.717) is 12.0 Å². The summed E-state index contributed by atoms with van der Waals surface area (Å²) in [7, 11) is 1.35. The lowest BCUT2D eigenvalue weighted by Gasteiger charge is -2.16.